The van der Waals surface area contributed by atoms with Gasteiger partial charge in [0.05, 0.1) is 5.52 Å². The predicted octanol–water partition coefficient (Wildman–Crippen LogP) is 2.39. The van der Waals surface area contributed by atoms with Crippen LogP contribution in [-0.2, 0) is 17.6 Å². The molecule has 0 bridgehead atoms. The van der Waals surface area contributed by atoms with E-state index < -0.39 is 11.6 Å². The van der Waals surface area contributed by atoms with Crippen LogP contribution in [-0.4, -0.2) is 34.9 Å². The second kappa shape index (κ2) is 8.30. The molecule has 7 nitrogen and oxygen atoms in total. The van der Waals surface area contributed by atoms with Crippen LogP contribution in [0.3, 0.4) is 0 Å². The molecule has 1 amide bonds. The molecule has 0 saturated carbocycles. The number of hydrogen-bond donors (Lipinski definition) is 3. The van der Waals surface area contributed by atoms with Crippen molar-refractivity contribution in [3.63, 3.8) is 0 Å². The molecule has 0 unspecified atom stereocenters. The van der Waals surface area contributed by atoms with Gasteiger partial charge in [0, 0.05) is 29.9 Å². The summed E-state index contributed by atoms with van der Waals surface area (Å²) >= 11 is 0. The smallest absolute Gasteiger partial charge is 0.284 e. The Morgan fingerprint density at radius 2 is 2.08 bits per heavy atom. The van der Waals surface area contributed by atoms with E-state index in [2.05, 4.69) is 21.9 Å². The van der Waals surface area contributed by atoms with Gasteiger partial charge in [-0.2, -0.15) is 5.26 Å². The molecule has 134 valence electrons. The van der Waals surface area contributed by atoms with E-state index in [4.69, 9.17) is 15.5 Å². The number of carbonyl (C=O) groups is 1. The molecule has 0 fully saturated rings. The van der Waals surface area contributed by atoms with Gasteiger partial charge >= 0.3 is 0 Å². The number of benzene rings is 1. The molecule has 0 atom stereocenters. The zero-order valence-corrected chi connectivity index (χ0v) is 14.5. The molecular weight excluding hydrogens is 330 g/mol. The quantitative estimate of drug-likeness (QED) is 0.320. The van der Waals surface area contributed by atoms with Gasteiger partial charge in [0.25, 0.3) is 5.91 Å². The first-order chi connectivity index (χ1) is 12.7. The summed E-state index contributed by atoms with van der Waals surface area (Å²) in [7, 11) is 0. The van der Waals surface area contributed by atoms with Crippen LogP contribution in [0.4, 0.5) is 5.69 Å². The van der Waals surface area contributed by atoms with Gasteiger partial charge in [0.15, 0.2) is 0 Å². The van der Waals surface area contributed by atoms with Gasteiger partial charge in [0.2, 0.25) is 5.71 Å². The molecule has 0 radical (unpaired) electrons. The van der Waals surface area contributed by atoms with E-state index in [0.29, 0.717) is 19.5 Å². The molecule has 2 aromatic rings. The summed E-state index contributed by atoms with van der Waals surface area (Å²) in [5, 5.41) is 27.0. The van der Waals surface area contributed by atoms with Gasteiger partial charge in [0.1, 0.15) is 6.07 Å². The summed E-state index contributed by atoms with van der Waals surface area (Å²) in [6.45, 7) is 1.07. The Balaban J connectivity index is 1.66. The van der Waals surface area contributed by atoms with Crippen LogP contribution in [0.1, 0.15) is 30.5 Å². The first-order valence-corrected chi connectivity index (χ1v) is 8.79. The highest BCUT2D eigenvalue weighted by molar-refractivity contribution is 6.44. The first-order valence-electron chi connectivity index (χ1n) is 8.79. The minimum Gasteiger partial charge on any atom is -0.410 e. The average molecular weight is 351 g/mol. The van der Waals surface area contributed by atoms with Crippen molar-refractivity contribution < 1.29 is 10.0 Å². The number of aryl methyl sites for hydroxylation is 1. The van der Waals surface area contributed by atoms with E-state index in [1.165, 1.54) is 30.2 Å². The number of nitrogens with zero attached hydrogens (tertiary/aromatic N) is 3. The number of nitrogens with one attached hydrogen (secondary N) is 2. The summed E-state index contributed by atoms with van der Waals surface area (Å²) in [5.74, 6) is -0.665. The summed E-state index contributed by atoms with van der Waals surface area (Å²) in [6, 6.07) is 9.67. The van der Waals surface area contributed by atoms with Crippen LogP contribution in [0.5, 0.6) is 0 Å². The molecule has 3 N–H and O–H groups in total. The zero-order valence-electron chi connectivity index (χ0n) is 14.5. The Morgan fingerprint density at radius 1 is 1.27 bits per heavy atom. The van der Waals surface area contributed by atoms with Crippen molar-refractivity contribution in [1.29, 1.82) is 5.26 Å². The van der Waals surface area contributed by atoms with Gasteiger partial charge in [-0.15, -0.1) is 0 Å². The number of fused-ring (bicyclic) bond motifs is 2. The average Bonchev–Trinajstić information content (AvgIpc) is 2.68. The fraction of sp³-hybridized carbons (Fsp3) is 0.368. The van der Waals surface area contributed by atoms with Gasteiger partial charge in [-0.3, -0.25) is 9.78 Å². The van der Waals surface area contributed by atoms with Crippen molar-refractivity contribution in [1.82, 2.24) is 10.3 Å². The predicted molar refractivity (Wildman–Crippen MR) is 99.3 cm³/mol. The van der Waals surface area contributed by atoms with Crippen LogP contribution in [0, 0.1) is 11.3 Å². The minimum absolute atomic E-state index is 0.387. The van der Waals surface area contributed by atoms with Crippen molar-refractivity contribution in [2.75, 3.05) is 18.4 Å². The highest BCUT2D eigenvalue weighted by Crippen LogP contribution is 2.33. The molecule has 0 spiro atoms. The number of rotatable bonds is 6. The number of oxime groups is 1. The number of pyridine rings is 1. The fourth-order valence-electron chi connectivity index (χ4n) is 3.28. The zero-order chi connectivity index (χ0) is 18.4. The van der Waals surface area contributed by atoms with E-state index in [1.807, 2.05) is 18.2 Å². The van der Waals surface area contributed by atoms with Gasteiger partial charge in [-0.05, 0) is 43.7 Å². The molecule has 1 aromatic carbocycles. The van der Waals surface area contributed by atoms with Crippen LogP contribution in [0.2, 0.25) is 0 Å². The van der Waals surface area contributed by atoms with Crippen molar-refractivity contribution >= 4 is 28.2 Å². The lowest BCUT2D eigenvalue weighted by atomic mass is 9.92. The van der Waals surface area contributed by atoms with E-state index in [0.717, 1.165) is 29.4 Å². The highest BCUT2D eigenvalue weighted by atomic mass is 16.4. The van der Waals surface area contributed by atoms with E-state index in [-0.39, 0.29) is 0 Å². The van der Waals surface area contributed by atoms with E-state index in [9.17, 15) is 4.79 Å². The number of anilines is 1. The van der Waals surface area contributed by atoms with Crippen LogP contribution in [0.15, 0.2) is 29.4 Å². The lowest BCUT2D eigenvalue weighted by molar-refractivity contribution is -0.114. The molecule has 1 aliphatic carbocycles. The lowest BCUT2D eigenvalue weighted by Crippen LogP contribution is -2.31. The monoisotopic (exact) mass is 351 g/mol. The molecule has 7 heteroatoms. The number of carbonyl (C=O) groups excluding carboxylic acids is 1. The molecule has 1 heterocycles. The van der Waals surface area contributed by atoms with Crippen molar-refractivity contribution in [2.24, 2.45) is 5.16 Å². The molecule has 1 aliphatic rings. The Kier molecular flexibility index (Phi) is 5.64. The largest absolute Gasteiger partial charge is 0.410 e. The van der Waals surface area contributed by atoms with E-state index >= 15 is 0 Å². The topological polar surface area (TPSA) is 110 Å². The van der Waals surface area contributed by atoms with Crippen molar-refractivity contribution in [2.45, 2.75) is 32.1 Å². The van der Waals surface area contributed by atoms with E-state index in [1.54, 1.807) is 0 Å². The lowest BCUT2D eigenvalue weighted by Gasteiger charge is -2.21. The Bertz CT molecular complexity index is 885. The summed E-state index contributed by atoms with van der Waals surface area (Å²) in [4.78, 5) is 16.4. The molecular formula is C19H21N5O2. The first kappa shape index (κ1) is 17.7. The van der Waals surface area contributed by atoms with Crippen molar-refractivity contribution in [3.05, 3.63) is 35.5 Å². The summed E-state index contributed by atoms with van der Waals surface area (Å²) < 4.78 is 0. The third-order valence-electron chi connectivity index (χ3n) is 4.53. The number of aromatic nitrogens is 1. The maximum absolute atomic E-state index is 11.6. The fourth-order valence-corrected chi connectivity index (χ4v) is 3.28. The van der Waals surface area contributed by atoms with Crippen LogP contribution < -0.4 is 10.6 Å². The maximum atomic E-state index is 11.6. The molecule has 26 heavy (non-hydrogen) atoms. The van der Waals surface area contributed by atoms with Gasteiger partial charge in [-0.25, -0.2) is 0 Å². The molecule has 1 aromatic heterocycles. The van der Waals surface area contributed by atoms with Crippen LogP contribution >= 0.6 is 0 Å². The van der Waals surface area contributed by atoms with Crippen LogP contribution in [0.25, 0.3) is 10.9 Å². The molecule has 0 aliphatic heterocycles. The Labute approximate surface area is 151 Å². The number of nitriles is 1. The highest BCUT2D eigenvalue weighted by Gasteiger charge is 2.17. The summed E-state index contributed by atoms with van der Waals surface area (Å²) in [6.07, 6.45) is 5.08. The number of amides is 1. The second-order valence-electron chi connectivity index (χ2n) is 6.23. The normalized spacial score (nSPS) is 13.7. The third-order valence-corrected chi connectivity index (χ3v) is 4.53. The van der Waals surface area contributed by atoms with Gasteiger partial charge in [-0.1, -0.05) is 23.4 Å². The maximum Gasteiger partial charge on any atom is 0.284 e. The third kappa shape index (κ3) is 3.75. The molecule has 3 rings (SSSR count). The number of para-hydroxylation sites is 1. The number of hydrogen-bond acceptors (Lipinski definition) is 6. The minimum atomic E-state index is -0.665. The second-order valence-corrected chi connectivity index (χ2v) is 6.23. The Hall–Kier alpha value is -3.14. The van der Waals surface area contributed by atoms with Gasteiger partial charge < -0.3 is 15.8 Å². The SMILES string of the molecule is N#CC(=NO)C(=O)NCCCNc1c2c(nc3ccccc13)CCCC2. The van der Waals surface area contributed by atoms with Crippen molar-refractivity contribution in [3.8, 4) is 6.07 Å². The Morgan fingerprint density at radius 3 is 2.88 bits per heavy atom. The summed E-state index contributed by atoms with van der Waals surface area (Å²) in [5.41, 5.74) is 4.10. The molecule has 0 saturated heterocycles. The standard InChI is InChI=1S/C19H21N5O2/c20-12-17(24-26)19(25)22-11-5-10-21-18-13-6-1-3-8-15(13)23-16-9-4-2-7-14(16)18/h1,3,6,8,26H,2,4-5,7,9-11H2,(H,21,23)(H,22,25).